The molecule has 1 heterocycles. The zero-order valence-electron chi connectivity index (χ0n) is 11.2. The van der Waals surface area contributed by atoms with Crippen molar-refractivity contribution in [3.63, 3.8) is 0 Å². The van der Waals surface area contributed by atoms with E-state index in [1.807, 2.05) is 13.8 Å². The van der Waals surface area contributed by atoms with Crippen molar-refractivity contribution in [3.8, 4) is 0 Å². The minimum atomic E-state index is -0.434. The molecule has 1 unspecified atom stereocenters. The Bertz CT molecular complexity index is 476. The van der Waals surface area contributed by atoms with Crippen LogP contribution in [0.15, 0.2) is 24.3 Å². The van der Waals surface area contributed by atoms with Crippen molar-refractivity contribution in [1.29, 1.82) is 0 Å². The maximum Gasteiger partial charge on any atom is 0.244 e. The largest absolute Gasteiger partial charge is 0.396 e. The van der Waals surface area contributed by atoms with Crippen LogP contribution in [0.5, 0.6) is 0 Å². The van der Waals surface area contributed by atoms with Gasteiger partial charge in [0.25, 0.3) is 0 Å². The lowest BCUT2D eigenvalue weighted by atomic mass is 9.94. The summed E-state index contributed by atoms with van der Waals surface area (Å²) in [6.45, 7) is 4.40. The van der Waals surface area contributed by atoms with Gasteiger partial charge in [0.15, 0.2) is 0 Å². The summed E-state index contributed by atoms with van der Waals surface area (Å²) in [6.07, 6.45) is 0.362. The molecule has 2 rings (SSSR count). The molecule has 104 valence electrons. The zero-order valence-corrected chi connectivity index (χ0v) is 11.2. The number of carbonyl (C=O) groups is 1. The summed E-state index contributed by atoms with van der Waals surface area (Å²) < 4.78 is 13.4. The normalized spacial score (nSPS) is 22.6. The van der Waals surface area contributed by atoms with E-state index in [1.165, 1.54) is 12.1 Å². The second kappa shape index (κ2) is 5.27. The van der Waals surface area contributed by atoms with Crippen LogP contribution in [0.1, 0.15) is 20.3 Å². The highest BCUT2D eigenvalue weighted by Gasteiger charge is 2.40. The highest BCUT2D eigenvalue weighted by atomic mass is 19.1. The van der Waals surface area contributed by atoms with E-state index in [2.05, 4.69) is 5.32 Å². The average molecular weight is 266 g/mol. The van der Waals surface area contributed by atoms with E-state index in [1.54, 1.807) is 17.0 Å². The fourth-order valence-electron chi connectivity index (χ4n) is 2.44. The van der Waals surface area contributed by atoms with Gasteiger partial charge in [-0.15, -0.1) is 0 Å². The third-order valence-corrected chi connectivity index (χ3v) is 3.39. The number of piperazine rings is 1. The number of benzene rings is 1. The topological polar surface area (TPSA) is 52.6 Å². The van der Waals surface area contributed by atoms with Crippen molar-refractivity contribution >= 4 is 11.6 Å². The van der Waals surface area contributed by atoms with E-state index >= 15 is 0 Å². The van der Waals surface area contributed by atoms with Gasteiger partial charge in [-0.3, -0.25) is 4.79 Å². The number of rotatable bonds is 3. The second-order valence-electron chi connectivity index (χ2n) is 5.41. The smallest absolute Gasteiger partial charge is 0.244 e. The van der Waals surface area contributed by atoms with Crippen LogP contribution in [0, 0.1) is 5.82 Å². The lowest BCUT2D eigenvalue weighted by Crippen LogP contribution is -2.65. The number of anilines is 1. The van der Waals surface area contributed by atoms with E-state index in [9.17, 15) is 9.18 Å². The molecule has 4 nitrogen and oxygen atoms in total. The average Bonchev–Trinajstić information content (AvgIpc) is 2.33. The fourth-order valence-corrected chi connectivity index (χ4v) is 2.44. The Hall–Kier alpha value is -1.46. The molecule has 0 radical (unpaired) electrons. The van der Waals surface area contributed by atoms with E-state index in [0.717, 1.165) is 0 Å². The van der Waals surface area contributed by atoms with Gasteiger partial charge in [-0.1, -0.05) is 6.07 Å². The summed E-state index contributed by atoms with van der Waals surface area (Å²) in [4.78, 5) is 14.1. The predicted octanol–water partition coefficient (Wildman–Crippen LogP) is 1.29. The van der Waals surface area contributed by atoms with Crippen molar-refractivity contribution in [1.82, 2.24) is 5.32 Å². The summed E-state index contributed by atoms with van der Waals surface area (Å²) >= 11 is 0. The molecular formula is C14H19FN2O2. The van der Waals surface area contributed by atoms with Crippen LogP contribution in [-0.4, -0.2) is 35.7 Å². The molecule has 19 heavy (non-hydrogen) atoms. The Labute approximate surface area is 112 Å². The van der Waals surface area contributed by atoms with Crippen LogP contribution in [0.4, 0.5) is 10.1 Å². The van der Waals surface area contributed by atoms with E-state index in [-0.39, 0.29) is 18.3 Å². The van der Waals surface area contributed by atoms with Crippen molar-refractivity contribution in [2.45, 2.75) is 31.8 Å². The van der Waals surface area contributed by atoms with Crippen molar-refractivity contribution in [2.24, 2.45) is 0 Å². The summed E-state index contributed by atoms with van der Waals surface area (Å²) in [6, 6.07) is 5.62. The molecule has 1 fully saturated rings. The van der Waals surface area contributed by atoms with Crippen LogP contribution in [0.3, 0.4) is 0 Å². The molecule has 1 amide bonds. The third kappa shape index (κ3) is 2.77. The quantitative estimate of drug-likeness (QED) is 0.867. The lowest BCUT2D eigenvalue weighted by molar-refractivity contribution is -0.123. The van der Waals surface area contributed by atoms with Crippen LogP contribution in [0.25, 0.3) is 0 Å². The van der Waals surface area contributed by atoms with Crippen LogP contribution < -0.4 is 10.2 Å². The zero-order chi connectivity index (χ0) is 14.0. The number of carbonyl (C=O) groups excluding carboxylic acids is 1. The number of nitrogens with zero attached hydrogens (tertiary/aromatic N) is 1. The Morgan fingerprint density at radius 3 is 2.89 bits per heavy atom. The molecule has 5 heteroatoms. The SMILES string of the molecule is CC1(C)CNC(CCO)C(=O)N1c1cccc(F)c1. The van der Waals surface area contributed by atoms with Crippen LogP contribution in [0.2, 0.25) is 0 Å². The van der Waals surface area contributed by atoms with Gasteiger partial charge in [-0.05, 0) is 38.5 Å². The standard InChI is InChI=1S/C14H19FN2O2/c1-14(2)9-16-12(6-7-18)13(19)17(14)11-5-3-4-10(15)8-11/h3-5,8,12,16,18H,6-7,9H2,1-2H3. The van der Waals surface area contributed by atoms with Crippen LogP contribution in [-0.2, 0) is 4.79 Å². The summed E-state index contributed by atoms with van der Waals surface area (Å²) in [5.74, 6) is -0.491. The van der Waals surface area contributed by atoms with Gasteiger partial charge in [-0.2, -0.15) is 0 Å². The molecule has 0 bridgehead atoms. The molecule has 1 aromatic carbocycles. The second-order valence-corrected chi connectivity index (χ2v) is 5.41. The number of aliphatic hydroxyl groups excluding tert-OH is 1. The molecule has 1 aliphatic heterocycles. The third-order valence-electron chi connectivity index (χ3n) is 3.39. The molecule has 0 aliphatic carbocycles. The number of nitrogens with one attached hydrogen (secondary N) is 1. The number of hydrogen-bond donors (Lipinski definition) is 2. The fraction of sp³-hybridized carbons (Fsp3) is 0.500. The summed E-state index contributed by atoms with van der Waals surface area (Å²) in [5.41, 5.74) is 0.121. The monoisotopic (exact) mass is 266 g/mol. The number of amides is 1. The Morgan fingerprint density at radius 1 is 1.53 bits per heavy atom. The number of hydrogen-bond acceptors (Lipinski definition) is 3. The van der Waals surface area contributed by atoms with Gasteiger partial charge in [0.2, 0.25) is 5.91 Å². The summed E-state index contributed by atoms with van der Waals surface area (Å²) in [7, 11) is 0. The van der Waals surface area contributed by atoms with Gasteiger partial charge < -0.3 is 15.3 Å². The number of aliphatic hydroxyl groups is 1. The van der Waals surface area contributed by atoms with Gasteiger partial charge in [0, 0.05) is 18.8 Å². The van der Waals surface area contributed by atoms with E-state index in [0.29, 0.717) is 18.7 Å². The molecule has 1 atom stereocenters. The molecule has 0 spiro atoms. The van der Waals surface area contributed by atoms with Gasteiger partial charge in [-0.25, -0.2) is 4.39 Å². The maximum absolute atomic E-state index is 13.4. The first-order valence-corrected chi connectivity index (χ1v) is 6.39. The first kappa shape index (κ1) is 14.0. The highest BCUT2D eigenvalue weighted by Crippen LogP contribution is 2.28. The van der Waals surface area contributed by atoms with E-state index in [4.69, 9.17) is 5.11 Å². The Balaban J connectivity index is 2.35. The predicted molar refractivity (Wildman–Crippen MR) is 71.5 cm³/mol. The maximum atomic E-state index is 13.4. The van der Waals surface area contributed by atoms with Gasteiger partial charge in [0.05, 0.1) is 11.6 Å². The molecular weight excluding hydrogens is 247 g/mol. The Morgan fingerprint density at radius 2 is 2.26 bits per heavy atom. The minimum Gasteiger partial charge on any atom is -0.396 e. The molecule has 1 aromatic rings. The van der Waals surface area contributed by atoms with Gasteiger partial charge in [0.1, 0.15) is 5.82 Å². The first-order valence-electron chi connectivity index (χ1n) is 6.39. The molecule has 0 aromatic heterocycles. The van der Waals surface area contributed by atoms with E-state index < -0.39 is 11.6 Å². The molecule has 0 saturated carbocycles. The first-order chi connectivity index (χ1) is 8.95. The van der Waals surface area contributed by atoms with Gasteiger partial charge >= 0.3 is 0 Å². The van der Waals surface area contributed by atoms with Crippen molar-refractivity contribution in [2.75, 3.05) is 18.1 Å². The van der Waals surface area contributed by atoms with Crippen LogP contribution >= 0.6 is 0 Å². The molecule has 1 saturated heterocycles. The molecule has 2 N–H and O–H groups in total. The molecule has 1 aliphatic rings. The highest BCUT2D eigenvalue weighted by molar-refractivity contribution is 5.99. The minimum absolute atomic E-state index is 0.0547. The Kier molecular flexibility index (Phi) is 3.87. The summed E-state index contributed by atoms with van der Waals surface area (Å²) in [5, 5.41) is 12.1. The van der Waals surface area contributed by atoms with Crippen molar-refractivity contribution < 1.29 is 14.3 Å². The van der Waals surface area contributed by atoms with Crippen molar-refractivity contribution in [3.05, 3.63) is 30.1 Å². The lowest BCUT2D eigenvalue weighted by Gasteiger charge is -2.45. The number of halogens is 1.